The quantitative estimate of drug-likeness (QED) is 0.129. The Hall–Kier alpha value is -4.65. The van der Waals surface area contributed by atoms with Crippen molar-refractivity contribution in [2.45, 2.75) is 13.3 Å². The van der Waals surface area contributed by atoms with Gasteiger partial charge in [-0.25, -0.2) is 9.97 Å². The minimum Gasteiger partial charge on any atom is -0.359 e. The van der Waals surface area contributed by atoms with Crippen LogP contribution in [0.15, 0.2) is 110 Å². The van der Waals surface area contributed by atoms with Crippen LogP contribution in [0.3, 0.4) is 0 Å². The first-order valence-electron chi connectivity index (χ1n) is 13.1. The molecule has 0 saturated carbocycles. The van der Waals surface area contributed by atoms with Crippen LogP contribution in [0.2, 0.25) is 0 Å². The van der Waals surface area contributed by atoms with Crippen molar-refractivity contribution in [3.63, 3.8) is 0 Å². The smallest absolute Gasteiger partial charge is 0.161 e. The third-order valence-electron chi connectivity index (χ3n) is 6.61. The fourth-order valence-corrected chi connectivity index (χ4v) is 5.89. The highest BCUT2D eigenvalue weighted by atomic mass is 32.1. The Morgan fingerprint density at radius 2 is 1.83 bits per heavy atom. The van der Waals surface area contributed by atoms with Gasteiger partial charge >= 0.3 is 0 Å². The average molecular weight is 574 g/mol. The van der Waals surface area contributed by atoms with Gasteiger partial charge in [-0.15, -0.1) is 11.3 Å². The molecule has 5 aromatic heterocycles. The number of hydrogen-bond donors (Lipinski definition) is 3. The average Bonchev–Trinajstić information content (AvgIpc) is 3.73. The number of imidazole rings is 1. The Morgan fingerprint density at radius 1 is 1.00 bits per heavy atom. The van der Waals surface area contributed by atoms with E-state index in [-0.39, 0.29) is 0 Å². The number of pyridine rings is 2. The number of allylic oxidation sites excluding steroid dienone is 5. The minimum atomic E-state index is 0.635. The van der Waals surface area contributed by atoms with E-state index in [1.807, 2.05) is 55.5 Å². The van der Waals surface area contributed by atoms with Crippen molar-refractivity contribution in [3.8, 4) is 22.1 Å². The highest BCUT2D eigenvalue weighted by Crippen LogP contribution is 2.32. The molecule has 1 unspecified atom stereocenters. The van der Waals surface area contributed by atoms with E-state index in [1.54, 1.807) is 23.6 Å². The molecule has 1 aromatic carbocycles. The molecule has 0 spiro atoms. The van der Waals surface area contributed by atoms with E-state index in [0.29, 0.717) is 11.5 Å². The summed E-state index contributed by atoms with van der Waals surface area (Å²) in [7, 11) is 2.74. The van der Waals surface area contributed by atoms with E-state index in [1.165, 1.54) is 5.56 Å². The maximum absolute atomic E-state index is 5.00. The van der Waals surface area contributed by atoms with E-state index in [9.17, 15) is 0 Å². The zero-order chi connectivity index (χ0) is 28.3. The van der Waals surface area contributed by atoms with Crippen LogP contribution in [0.1, 0.15) is 18.2 Å². The first-order chi connectivity index (χ1) is 20.0. The van der Waals surface area contributed by atoms with Crippen LogP contribution in [0.4, 0.5) is 0 Å². The monoisotopic (exact) mass is 573 g/mol. The first-order valence-corrected chi connectivity index (χ1v) is 14.5. The van der Waals surface area contributed by atoms with E-state index in [4.69, 9.17) is 9.97 Å². The molecule has 9 heteroatoms. The number of benzene rings is 1. The number of thiophene rings is 1. The van der Waals surface area contributed by atoms with Gasteiger partial charge < -0.3 is 10.3 Å². The van der Waals surface area contributed by atoms with Crippen molar-refractivity contribution in [1.82, 2.24) is 35.5 Å². The van der Waals surface area contributed by atoms with Crippen molar-refractivity contribution in [2.75, 3.05) is 0 Å². The maximum atomic E-state index is 5.00. The second-order valence-electron chi connectivity index (χ2n) is 9.45. The lowest BCUT2D eigenvalue weighted by molar-refractivity contribution is 0.942. The third-order valence-corrected chi connectivity index (χ3v) is 8.08. The first kappa shape index (κ1) is 26.6. The van der Waals surface area contributed by atoms with Gasteiger partial charge in [0.25, 0.3) is 0 Å². The zero-order valence-corrected chi connectivity index (χ0v) is 24.4. The van der Waals surface area contributed by atoms with Crippen LogP contribution in [0.25, 0.3) is 49.7 Å². The van der Waals surface area contributed by atoms with Gasteiger partial charge in [0, 0.05) is 28.6 Å². The molecule has 0 radical (unpaired) electrons. The summed E-state index contributed by atoms with van der Waals surface area (Å²) in [6.45, 7) is 10.2. The third kappa shape index (κ3) is 5.53. The molecule has 0 aliphatic rings. The van der Waals surface area contributed by atoms with Crippen molar-refractivity contribution in [1.29, 1.82) is 0 Å². The van der Waals surface area contributed by atoms with Gasteiger partial charge in [-0.3, -0.25) is 10.1 Å². The molecule has 6 aromatic rings. The number of nitrogens with zero attached hydrogens (tertiary/aromatic N) is 4. The number of fused-ring (bicyclic) bond motifs is 2. The number of nitrogens with one attached hydrogen (secondary N) is 3. The fourth-order valence-electron chi connectivity index (χ4n) is 4.64. The number of aromatic amines is 2. The Kier molecular flexibility index (Phi) is 7.42. The lowest BCUT2D eigenvalue weighted by Gasteiger charge is -2.12. The molecule has 0 amide bonds. The second-order valence-corrected chi connectivity index (χ2v) is 11.6. The molecule has 3 N–H and O–H groups in total. The van der Waals surface area contributed by atoms with Crippen LogP contribution in [-0.2, 0) is 6.42 Å². The molecule has 0 saturated heterocycles. The molecule has 6 rings (SSSR count). The predicted octanol–water partition coefficient (Wildman–Crippen LogP) is 6.94. The molecule has 5 heterocycles. The summed E-state index contributed by atoms with van der Waals surface area (Å²) in [5.74, 6) is 0.635. The zero-order valence-electron chi connectivity index (χ0n) is 22.5. The van der Waals surface area contributed by atoms with Crippen LogP contribution in [0.5, 0.6) is 0 Å². The Balaban J connectivity index is 1.32. The van der Waals surface area contributed by atoms with Crippen LogP contribution < -0.4 is 9.94 Å². The predicted molar refractivity (Wildman–Crippen MR) is 174 cm³/mol. The van der Waals surface area contributed by atoms with Gasteiger partial charge in [-0.1, -0.05) is 58.8 Å². The SMILES string of the molecule is C=C/C(=C\C(=C/C)c1ccc2[nH]nc(-c3nc4c(-c5ccc(P)s5)nccc4[nH]3)c2n1)NC(=C)Cc1ccccc1. The van der Waals surface area contributed by atoms with Crippen molar-refractivity contribution in [2.24, 2.45) is 0 Å². The highest BCUT2D eigenvalue weighted by Gasteiger charge is 2.18. The van der Waals surface area contributed by atoms with Gasteiger partial charge in [-0.05, 0) is 60.5 Å². The van der Waals surface area contributed by atoms with Gasteiger partial charge in [-0.2, -0.15) is 5.10 Å². The molecule has 7 nitrogen and oxygen atoms in total. The summed E-state index contributed by atoms with van der Waals surface area (Å²) in [6, 6.07) is 20.3. The summed E-state index contributed by atoms with van der Waals surface area (Å²) < 4.78 is 1.15. The molecule has 0 bridgehead atoms. The Morgan fingerprint density at radius 3 is 2.59 bits per heavy atom. The minimum absolute atomic E-state index is 0.635. The number of rotatable bonds is 9. The standard InChI is InChI=1S/C32H28N7PS/c1-4-21(18-22(5-2)34-19(3)17-20-9-7-6-8-10-20)23-11-12-25-29(35-23)31(39-38-25)32-36-24-15-16-33-30(28(24)37-32)26-13-14-27(40)41-26/h4-16,18,34H,2-3,17,40H2,1H3,(H,36,37)(H,38,39)/b21-4+,22-18+. The molecule has 41 heavy (non-hydrogen) atoms. The van der Waals surface area contributed by atoms with Crippen molar-refractivity contribution >= 4 is 52.8 Å². The number of hydrogen-bond acceptors (Lipinski definition) is 6. The van der Waals surface area contributed by atoms with Crippen LogP contribution in [-0.4, -0.2) is 30.1 Å². The lowest BCUT2D eigenvalue weighted by Crippen LogP contribution is -2.12. The normalized spacial score (nSPS) is 12.2. The number of aromatic nitrogens is 6. The highest BCUT2D eigenvalue weighted by molar-refractivity contribution is 7.44. The molecule has 0 fully saturated rings. The lowest BCUT2D eigenvalue weighted by atomic mass is 10.1. The molecular formula is C32H28N7PS. The largest absolute Gasteiger partial charge is 0.359 e. The Labute approximate surface area is 244 Å². The van der Waals surface area contributed by atoms with Crippen molar-refractivity contribution in [3.05, 3.63) is 121 Å². The van der Waals surface area contributed by atoms with Gasteiger partial charge in [0.05, 0.1) is 21.6 Å². The van der Waals surface area contributed by atoms with Gasteiger partial charge in [0.2, 0.25) is 0 Å². The van der Waals surface area contributed by atoms with Crippen molar-refractivity contribution < 1.29 is 0 Å². The summed E-state index contributed by atoms with van der Waals surface area (Å²) in [6.07, 6.45) is 8.36. The topological polar surface area (TPSA) is 95.2 Å². The van der Waals surface area contributed by atoms with Gasteiger partial charge in [0.15, 0.2) is 11.5 Å². The molecule has 0 aliphatic carbocycles. The fraction of sp³-hybridized carbons (Fsp3) is 0.0625. The van der Waals surface area contributed by atoms with Gasteiger partial charge in [0.1, 0.15) is 16.7 Å². The maximum Gasteiger partial charge on any atom is 0.161 e. The second kappa shape index (κ2) is 11.5. The molecule has 202 valence electrons. The summed E-state index contributed by atoms with van der Waals surface area (Å²) in [5, 5.41) is 11.1. The summed E-state index contributed by atoms with van der Waals surface area (Å²) in [5.41, 5.74) is 9.41. The summed E-state index contributed by atoms with van der Waals surface area (Å²) >= 11 is 1.67. The molecule has 0 aliphatic heterocycles. The van der Waals surface area contributed by atoms with Crippen LogP contribution in [0, 0.1) is 0 Å². The van der Waals surface area contributed by atoms with E-state index in [2.05, 4.69) is 72.1 Å². The van der Waals surface area contributed by atoms with E-state index >= 15 is 0 Å². The Bertz CT molecular complexity index is 1960. The molecular weight excluding hydrogens is 545 g/mol. The van der Waals surface area contributed by atoms with Crippen LogP contribution >= 0.6 is 20.6 Å². The number of H-pyrrole nitrogens is 2. The summed E-state index contributed by atoms with van der Waals surface area (Å²) in [4.78, 5) is 19.0. The van der Waals surface area contributed by atoms with E-state index < -0.39 is 0 Å². The van der Waals surface area contributed by atoms with E-state index in [0.717, 1.165) is 66.3 Å². The molecule has 1 atom stereocenters.